The largest absolute Gasteiger partial charge is 0.472 e. The lowest BCUT2D eigenvalue weighted by Gasteiger charge is -2.21. The molecule has 0 amide bonds. The molecule has 19 heteroatoms. The number of esters is 4. The number of carbonyl (C=O) groups is 4. The van der Waals surface area contributed by atoms with E-state index in [-0.39, 0.29) is 25.7 Å². The molecular weight excluding hydrogens is 1130 g/mol. The van der Waals surface area contributed by atoms with Gasteiger partial charge in [0, 0.05) is 25.7 Å². The van der Waals surface area contributed by atoms with Gasteiger partial charge in [-0.15, -0.1) is 0 Å². The predicted molar refractivity (Wildman–Crippen MR) is 340 cm³/mol. The summed E-state index contributed by atoms with van der Waals surface area (Å²) in [4.78, 5) is 72.2. The Hall–Kier alpha value is -1.94. The molecule has 0 aliphatic heterocycles. The highest BCUT2D eigenvalue weighted by atomic mass is 31.2. The molecule has 6 atom stereocenters. The van der Waals surface area contributed by atoms with Gasteiger partial charge in [0.25, 0.3) is 0 Å². The number of hydrogen-bond donors (Lipinski definition) is 3. The third kappa shape index (κ3) is 59.5. The van der Waals surface area contributed by atoms with E-state index >= 15 is 0 Å². The Balaban J connectivity index is 5.23. The molecule has 0 spiro atoms. The Labute approximate surface area is 517 Å². The fourth-order valence-electron chi connectivity index (χ4n) is 9.80. The zero-order valence-electron chi connectivity index (χ0n) is 55.1. The Kier molecular flexibility index (Phi) is 55.9. The Bertz CT molecular complexity index is 1680. The van der Waals surface area contributed by atoms with Crippen LogP contribution in [0.15, 0.2) is 0 Å². The van der Waals surface area contributed by atoms with Crippen LogP contribution in [0.2, 0.25) is 0 Å². The maximum Gasteiger partial charge on any atom is 0.472 e. The van der Waals surface area contributed by atoms with Crippen molar-refractivity contribution < 1.29 is 80.2 Å². The Morgan fingerprint density at radius 1 is 0.341 bits per heavy atom. The highest BCUT2D eigenvalue weighted by Crippen LogP contribution is 2.45. The van der Waals surface area contributed by atoms with E-state index in [9.17, 15) is 43.2 Å². The fraction of sp³-hybridized carbons (Fsp3) is 0.939. The molecule has 0 bridgehead atoms. The molecule has 0 saturated carbocycles. The first-order valence-corrected chi connectivity index (χ1v) is 37.4. The van der Waals surface area contributed by atoms with Crippen molar-refractivity contribution in [1.29, 1.82) is 0 Å². The van der Waals surface area contributed by atoms with Gasteiger partial charge in [-0.2, -0.15) is 0 Å². The van der Waals surface area contributed by atoms with Crippen LogP contribution in [0, 0.1) is 17.8 Å². The second-order valence-electron chi connectivity index (χ2n) is 25.1. The molecule has 504 valence electrons. The molecule has 0 aromatic heterocycles. The second kappa shape index (κ2) is 57.2. The highest BCUT2D eigenvalue weighted by molar-refractivity contribution is 7.47. The summed E-state index contributed by atoms with van der Waals surface area (Å²) in [7, 11) is -9.89. The van der Waals surface area contributed by atoms with E-state index in [1.165, 1.54) is 122 Å². The van der Waals surface area contributed by atoms with Gasteiger partial charge in [-0.25, -0.2) is 9.13 Å². The standard InChI is InChI=1S/C66H128O17P2/c1-8-10-11-12-23-33-40-47-63(68)76-53-61(83-66(71)50-43-36-29-21-19-25-31-38-45-58(5)6)55-80-84(72,73)78-51-60(67)52-79-85(74,75)81-56-62(54-77-64(69)48-41-34-27-22-20-26-32-39-46-59(7)9-2)82-65(70)49-42-35-28-18-16-14-13-15-17-24-30-37-44-57(3)4/h57-62,67H,8-56H2,1-7H3,(H,72,73)(H,74,75)/t59?,60-,61+,62+/m0/s1. The lowest BCUT2D eigenvalue weighted by molar-refractivity contribution is -0.161. The number of aliphatic hydroxyl groups is 1. The SMILES string of the molecule is CCCCCCCCCC(=O)OC[C@H](COP(=O)(O)OC[C@H](O)COP(=O)(O)OC[C@@H](COC(=O)CCCCCCCCCCC(C)CC)OC(=O)CCCCCCCCCCCCCCC(C)C)OC(=O)CCCCCCCCCCC(C)C. The zero-order valence-corrected chi connectivity index (χ0v) is 56.9. The van der Waals surface area contributed by atoms with E-state index in [0.717, 1.165) is 120 Å². The van der Waals surface area contributed by atoms with Crippen LogP contribution < -0.4 is 0 Å². The molecule has 3 N–H and O–H groups in total. The third-order valence-electron chi connectivity index (χ3n) is 15.5. The molecule has 0 aromatic carbocycles. The molecule has 3 unspecified atom stereocenters. The van der Waals surface area contributed by atoms with E-state index in [4.69, 9.17) is 37.0 Å². The minimum absolute atomic E-state index is 0.104. The number of phosphoric acid groups is 2. The molecule has 85 heavy (non-hydrogen) atoms. The van der Waals surface area contributed by atoms with Crippen LogP contribution in [0.1, 0.15) is 325 Å². The van der Waals surface area contributed by atoms with Crippen molar-refractivity contribution in [2.75, 3.05) is 39.6 Å². The van der Waals surface area contributed by atoms with Crippen LogP contribution in [0.25, 0.3) is 0 Å². The summed E-state index contributed by atoms with van der Waals surface area (Å²) in [5.41, 5.74) is 0. The van der Waals surface area contributed by atoms with Crippen molar-refractivity contribution in [2.45, 2.75) is 343 Å². The topological polar surface area (TPSA) is 237 Å². The minimum Gasteiger partial charge on any atom is -0.462 e. The first kappa shape index (κ1) is 83.1. The number of rotatable bonds is 64. The average Bonchev–Trinajstić information content (AvgIpc) is 3.62. The lowest BCUT2D eigenvalue weighted by atomic mass is 9.99. The van der Waals surface area contributed by atoms with Crippen LogP contribution in [0.5, 0.6) is 0 Å². The quantitative estimate of drug-likeness (QED) is 0.0222. The number of aliphatic hydroxyl groups excluding tert-OH is 1. The maximum atomic E-state index is 13.0. The Morgan fingerprint density at radius 2 is 0.600 bits per heavy atom. The molecule has 0 saturated heterocycles. The van der Waals surface area contributed by atoms with Crippen LogP contribution in [0.3, 0.4) is 0 Å². The number of carbonyl (C=O) groups excluding carboxylic acids is 4. The average molecular weight is 1260 g/mol. The van der Waals surface area contributed by atoms with Gasteiger partial charge in [-0.3, -0.25) is 37.3 Å². The number of ether oxygens (including phenoxy) is 4. The first-order chi connectivity index (χ1) is 40.8. The molecule has 17 nitrogen and oxygen atoms in total. The maximum absolute atomic E-state index is 13.0. The van der Waals surface area contributed by atoms with Crippen molar-refractivity contribution >= 4 is 39.5 Å². The summed E-state index contributed by atoms with van der Waals surface area (Å²) in [6.45, 7) is 11.7. The number of hydrogen-bond acceptors (Lipinski definition) is 15. The van der Waals surface area contributed by atoms with Gasteiger partial charge in [-0.1, -0.05) is 273 Å². The molecule has 0 aromatic rings. The van der Waals surface area contributed by atoms with Crippen molar-refractivity contribution in [2.24, 2.45) is 17.8 Å². The monoisotopic (exact) mass is 1250 g/mol. The predicted octanol–water partition coefficient (Wildman–Crippen LogP) is 18.3. The van der Waals surface area contributed by atoms with Crippen LogP contribution in [0.4, 0.5) is 0 Å². The molecule has 0 rings (SSSR count). The van der Waals surface area contributed by atoms with Gasteiger partial charge in [0.05, 0.1) is 26.4 Å². The molecule has 0 aliphatic rings. The number of phosphoric ester groups is 2. The van der Waals surface area contributed by atoms with Crippen molar-refractivity contribution in [1.82, 2.24) is 0 Å². The molecular formula is C66H128O17P2. The Morgan fingerprint density at radius 3 is 0.894 bits per heavy atom. The molecule has 0 radical (unpaired) electrons. The van der Waals surface area contributed by atoms with Crippen molar-refractivity contribution in [3.63, 3.8) is 0 Å². The van der Waals surface area contributed by atoms with Gasteiger partial charge >= 0.3 is 39.5 Å². The summed E-state index contributed by atoms with van der Waals surface area (Å²) >= 11 is 0. The van der Waals surface area contributed by atoms with Crippen LogP contribution >= 0.6 is 15.6 Å². The van der Waals surface area contributed by atoms with Gasteiger partial charge in [-0.05, 0) is 43.4 Å². The van der Waals surface area contributed by atoms with E-state index in [2.05, 4.69) is 48.5 Å². The van der Waals surface area contributed by atoms with E-state index in [0.29, 0.717) is 25.7 Å². The number of unbranched alkanes of at least 4 members (excludes halogenated alkanes) is 31. The van der Waals surface area contributed by atoms with Crippen molar-refractivity contribution in [3.8, 4) is 0 Å². The zero-order chi connectivity index (χ0) is 63.1. The van der Waals surface area contributed by atoms with Crippen LogP contribution in [-0.2, 0) is 65.4 Å². The fourth-order valence-corrected chi connectivity index (χ4v) is 11.4. The van der Waals surface area contributed by atoms with E-state index < -0.39 is 97.5 Å². The summed E-state index contributed by atoms with van der Waals surface area (Å²) in [6, 6.07) is 0. The minimum atomic E-state index is -4.95. The molecule has 0 fully saturated rings. The summed E-state index contributed by atoms with van der Waals surface area (Å²) in [5, 5.41) is 10.5. The normalized spacial score (nSPS) is 14.6. The first-order valence-electron chi connectivity index (χ1n) is 34.4. The second-order valence-corrected chi connectivity index (χ2v) is 28.0. The highest BCUT2D eigenvalue weighted by Gasteiger charge is 2.30. The molecule has 0 aliphatic carbocycles. The van der Waals surface area contributed by atoms with Gasteiger partial charge in [0.2, 0.25) is 0 Å². The van der Waals surface area contributed by atoms with Crippen LogP contribution in [-0.4, -0.2) is 96.7 Å². The van der Waals surface area contributed by atoms with E-state index in [1.54, 1.807) is 0 Å². The van der Waals surface area contributed by atoms with Gasteiger partial charge in [0.15, 0.2) is 12.2 Å². The lowest BCUT2D eigenvalue weighted by Crippen LogP contribution is -2.30. The van der Waals surface area contributed by atoms with Gasteiger partial charge < -0.3 is 33.8 Å². The summed E-state index contributed by atoms with van der Waals surface area (Å²) in [5.74, 6) is 0.135. The van der Waals surface area contributed by atoms with Gasteiger partial charge in [0.1, 0.15) is 19.3 Å². The smallest absolute Gasteiger partial charge is 0.462 e. The molecule has 0 heterocycles. The third-order valence-corrected chi connectivity index (χ3v) is 17.4. The summed E-state index contributed by atoms with van der Waals surface area (Å²) < 4.78 is 68.0. The van der Waals surface area contributed by atoms with Crippen molar-refractivity contribution in [3.05, 3.63) is 0 Å². The summed E-state index contributed by atoms with van der Waals surface area (Å²) in [6.07, 6.45) is 39.0. The van der Waals surface area contributed by atoms with E-state index in [1.807, 2.05) is 0 Å².